The molecule has 0 radical (unpaired) electrons. The quantitative estimate of drug-likeness (QED) is 0.248. The SMILES string of the molecule is CSc1cc([C@@H](C)OC2OCCN(Cc3nn[nH]c3CN3CCCC3)C2c2ccc(F)cc2)cc(C(F)(F)F)c1. The van der Waals surface area contributed by atoms with Crippen LogP contribution in [-0.2, 0) is 28.7 Å². The average molecular weight is 580 g/mol. The number of benzene rings is 2. The van der Waals surface area contributed by atoms with Crippen molar-refractivity contribution in [1.82, 2.24) is 25.2 Å². The predicted octanol–water partition coefficient (Wildman–Crippen LogP) is 5.96. The smallest absolute Gasteiger partial charge is 0.349 e. The molecule has 0 aliphatic carbocycles. The molecule has 0 bridgehead atoms. The first-order chi connectivity index (χ1) is 19.2. The van der Waals surface area contributed by atoms with Crippen LogP contribution < -0.4 is 0 Å². The maximum atomic E-state index is 13.8. The largest absolute Gasteiger partial charge is 0.416 e. The molecule has 7 nitrogen and oxygen atoms in total. The zero-order chi connectivity index (χ0) is 28.3. The van der Waals surface area contributed by atoms with E-state index in [1.54, 1.807) is 31.4 Å². The van der Waals surface area contributed by atoms with E-state index >= 15 is 0 Å². The highest BCUT2D eigenvalue weighted by molar-refractivity contribution is 7.98. The van der Waals surface area contributed by atoms with Crippen LogP contribution in [0.3, 0.4) is 0 Å². The number of likely N-dealkylation sites (tertiary alicyclic amines) is 1. The highest BCUT2D eigenvalue weighted by Gasteiger charge is 2.37. The number of morpholine rings is 1. The van der Waals surface area contributed by atoms with Crippen LogP contribution in [0.4, 0.5) is 17.6 Å². The number of nitrogens with zero attached hydrogens (tertiary/aromatic N) is 4. The van der Waals surface area contributed by atoms with Gasteiger partial charge in [-0.2, -0.15) is 13.2 Å². The van der Waals surface area contributed by atoms with Crippen molar-refractivity contribution in [3.8, 4) is 0 Å². The number of halogens is 4. The zero-order valence-electron chi connectivity index (χ0n) is 22.5. The molecule has 1 N–H and O–H groups in total. The van der Waals surface area contributed by atoms with E-state index in [2.05, 4.69) is 25.2 Å². The molecule has 2 aliphatic heterocycles. The van der Waals surface area contributed by atoms with Crippen LogP contribution in [0.1, 0.15) is 60.0 Å². The molecule has 216 valence electrons. The van der Waals surface area contributed by atoms with Crippen LogP contribution in [0.15, 0.2) is 47.4 Å². The molecule has 0 spiro atoms. The maximum Gasteiger partial charge on any atom is 0.416 e. The van der Waals surface area contributed by atoms with E-state index in [1.807, 2.05) is 0 Å². The van der Waals surface area contributed by atoms with Crippen molar-refractivity contribution in [3.63, 3.8) is 0 Å². The first-order valence-electron chi connectivity index (χ1n) is 13.3. The molecule has 0 saturated carbocycles. The summed E-state index contributed by atoms with van der Waals surface area (Å²) in [7, 11) is 0. The van der Waals surface area contributed by atoms with Gasteiger partial charge in [-0.3, -0.25) is 14.9 Å². The Labute approximate surface area is 235 Å². The average Bonchev–Trinajstić information content (AvgIpc) is 3.61. The third-order valence-corrected chi connectivity index (χ3v) is 8.17. The minimum Gasteiger partial charge on any atom is -0.349 e. The molecule has 3 aromatic rings. The molecule has 3 atom stereocenters. The fourth-order valence-corrected chi connectivity index (χ4v) is 5.81. The lowest BCUT2D eigenvalue weighted by Gasteiger charge is -2.42. The number of thioether (sulfide) groups is 1. The van der Waals surface area contributed by atoms with Crippen LogP contribution in [0.5, 0.6) is 0 Å². The van der Waals surface area contributed by atoms with E-state index in [0.717, 1.165) is 48.7 Å². The fourth-order valence-electron chi connectivity index (χ4n) is 5.31. The number of H-pyrrole nitrogens is 1. The van der Waals surface area contributed by atoms with E-state index in [4.69, 9.17) is 9.47 Å². The molecular weight excluding hydrogens is 546 g/mol. The van der Waals surface area contributed by atoms with Gasteiger partial charge in [0.2, 0.25) is 0 Å². The van der Waals surface area contributed by atoms with Crippen molar-refractivity contribution in [2.45, 2.75) is 62.4 Å². The topological polar surface area (TPSA) is 66.5 Å². The number of rotatable bonds is 9. The number of alkyl halides is 3. The van der Waals surface area contributed by atoms with Gasteiger partial charge in [0.25, 0.3) is 0 Å². The summed E-state index contributed by atoms with van der Waals surface area (Å²) in [6.07, 6.45) is -1.89. The lowest BCUT2D eigenvalue weighted by atomic mass is 10.0. The van der Waals surface area contributed by atoms with Gasteiger partial charge >= 0.3 is 6.18 Å². The third kappa shape index (κ3) is 6.85. The summed E-state index contributed by atoms with van der Waals surface area (Å²) in [6.45, 7) is 5.90. The molecule has 40 heavy (non-hydrogen) atoms. The molecule has 12 heteroatoms. The predicted molar refractivity (Wildman–Crippen MR) is 143 cm³/mol. The normalized spacial score (nSPS) is 21.6. The van der Waals surface area contributed by atoms with E-state index in [1.165, 1.54) is 36.7 Å². The molecule has 2 saturated heterocycles. The molecule has 3 heterocycles. The molecule has 2 unspecified atom stereocenters. The van der Waals surface area contributed by atoms with E-state index in [-0.39, 0.29) is 5.82 Å². The Kier molecular flexibility index (Phi) is 9.11. The van der Waals surface area contributed by atoms with Gasteiger partial charge in [0, 0.05) is 24.5 Å². The van der Waals surface area contributed by atoms with Gasteiger partial charge < -0.3 is 9.47 Å². The van der Waals surface area contributed by atoms with Gasteiger partial charge in [-0.1, -0.05) is 17.3 Å². The van der Waals surface area contributed by atoms with Crippen LogP contribution in [0.25, 0.3) is 0 Å². The lowest BCUT2D eigenvalue weighted by Crippen LogP contribution is -2.46. The van der Waals surface area contributed by atoms with Crippen LogP contribution in [0.2, 0.25) is 0 Å². The minimum absolute atomic E-state index is 0.354. The molecule has 2 aliphatic rings. The van der Waals surface area contributed by atoms with Crippen molar-refractivity contribution in [1.29, 1.82) is 0 Å². The summed E-state index contributed by atoms with van der Waals surface area (Å²) in [6, 6.07) is 9.66. The maximum absolute atomic E-state index is 13.8. The Balaban J connectivity index is 1.40. The zero-order valence-corrected chi connectivity index (χ0v) is 23.3. The Morgan fingerprint density at radius 3 is 2.55 bits per heavy atom. The van der Waals surface area contributed by atoms with Crippen LogP contribution in [-0.4, -0.2) is 64.0 Å². The lowest BCUT2D eigenvalue weighted by molar-refractivity contribution is -0.231. The van der Waals surface area contributed by atoms with Crippen molar-refractivity contribution in [2.24, 2.45) is 0 Å². The minimum atomic E-state index is -4.47. The molecule has 5 rings (SSSR count). The number of hydrogen-bond donors (Lipinski definition) is 1. The Morgan fingerprint density at radius 1 is 1.10 bits per heavy atom. The van der Waals surface area contributed by atoms with Gasteiger partial charge in [-0.05, 0) is 80.6 Å². The van der Waals surface area contributed by atoms with Gasteiger partial charge in [0.05, 0.1) is 30.0 Å². The number of hydrogen-bond acceptors (Lipinski definition) is 7. The monoisotopic (exact) mass is 579 g/mol. The third-order valence-electron chi connectivity index (χ3n) is 7.46. The second-order valence-electron chi connectivity index (χ2n) is 10.2. The molecular formula is C28H33F4N5O2S. The summed E-state index contributed by atoms with van der Waals surface area (Å²) in [4.78, 5) is 5.01. The number of aromatic amines is 1. The highest BCUT2D eigenvalue weighted by atomic mass is 32.2. The van der Waals surface area contributed by atoms with Crippen molar-refractivity contribution in [3.05, 3.63) is 76.4 Å². The summed E-state index contributed by atoms with van der Waals surface area (Å²) >= 11 is 1.24. The summed E-state index contributed by atoms with van der Waals surface area (Å²) < 4.78 is 67.0. The summed E-state index contributed by atoms with van der Waals surface area (Å²) in [5.41, 5.74) is 2.22. The van der Waals surface area contributed by atoms with Gasteiger partial charge in [-0.25, -0.2) is 4.39 Å². The van der Waals surface area contributed by atoms with Gasteiger partial charge in [0.15, 0.2) is 6.29 Å². The standard InChI is InChI=1S/C28H33F4N5O2S/c1-18(20-13-21(28(30,31)32)15-23(14-20)40-2)39-27-26(19-5-7-22(29)8-6-19)37(11-12-38-27)17-25-24(33-35-34-25)16-36-9-3-4-10-36/h5-8,13-15,18,26-27H,3-4,9-12,16-17H2,1-2H3,(H,33,34,35)/t18-,26?,27?/m1/s1. The number of nitrogens with one attached hydrogen (secondary N) is 1. The summed E-state index contributed by atoms with van der Waals surface area (Å²) in [5, 5.41) is 11.5. The van der Waals surface area contributed by atoms with E-state index in [0.29, 0.717) is 30.2 Å². The van der Waals surface area contributed by atoms with E-state index in [9.17, 15) is 17.6 Å². The van der Waals surface area contributed by atoms with Gasteiger partial charge in [0.1, 0.15) is 11.5 Å². The Hall–Kier alpha value is -2.51. The Morgan fingerprint density at radius 2 is 1.85 bits per heavy atom. The second-order valence-corrected chi connectivity index (χ2v) is 11.1. The van der Waals surface area contributed by atoms with Crippen molar-refractivity contribution < 1.29 is 27.0 Å². The summed E-state index contributed by atoms with van der Waals surface area (Å²) in [5.74, 6) is -0.365. The van der Waals surface area contributed by atoms with Crippen molar-refractivity contribution in [2.75, 3.05) is 32.5 Å². The van der Waals surface area contributed by atoms with E-state index < -0.39 is 30.2 Å². The van der Waals surface area contributed by atoms with Gasteiger partial charge in [-0.15, -0.1) is 16.9 Å². The first kappa shape index (κ1) is 29.0. The second kappa shape index (κ2) is 12.6. The number of aromatic nitrogens is 3. The molecule has 1 aromatic heterocycles. The van der Waals surface area contributed by atoms with Crippen LogP contribution in [0, 0.1) is 5.82 Å². The molecule has 2 fully saturated rings. The van der Waals surface area contributed by atoms with Crippen LogP contribution >= 0.6 is 11.8 Å². The molecule has 0 amide bonds. The Bertz CT molecular complexity index is 1270. The fraction of sp³-hybridized carbons (Fsp3) is 0.500. The first-order valence-corrected chi connectivity index (χ1v) is 14.6. The number of ether oxygens (including phenoxy) is 2. The van der Waals surface area contributed by atoms with Crippen molar-refractivity contribution >= 4 is 11.8 Å². The molecule has 2 aromatic carbocycles. The highest BCUT2D eigenvalue weighted by Crippen LogP contribution is 2.38.